The van der Waals surface area contributed by atoms with Crippen molar-refractivity contribution in [3.05, 3.63) is 28.4 Å². The van der Waals surface area contributed by atoms with Crippen molar-refractivity contribution >= 4 is 5.91 Å². The molecule has 0 spiro atoms. The first-order valence-corrected chi connectivity index (χ1v) is 8.05. The standard InChI is InChI=1S/C16H23N3O2/c20-15(9-12-3-1-2-4-12)17-7-8-19-11-18-14(10-16(19)21)13-5-6-13/h10-13H,1-9H2,(H,17,20). The van der Waals surface area contributed by atoms with E-state index in [0.29, 0.717) is 31.3 Å². The van der Waals surface area contributed by atoms with E-state index in [9.17, 15) is 9.59 Å². The molecular weight excluding hydrogens is 266 g/mol. The van der Waals surface area contributed by atoms with Gasteiger partial charge in [0.1, 0.15) is 0 Å². The molecule has 0 saturated heterocycles. The van der Waals surface area contributed by atoms with E-state index in [1.165, 1.54) is 25.7 Å². The minimum atomic E-state index is -0.0167. The SMILES string of the molecule is O=C(CC1CCCC1)NCCn1cnc(C2CC2)cc1=O. The summed E-state index contributed by atoms with van der Waals surface area (Å²) < 4.78 is 1.57. The molecule has 1 aromatic rings. The lowest BCUT2D eigenvalue weighted by molar-refractivity contribution is -0.122. The highest BCUT2D eigenvalue weighted by molar-refractivity contribution is 5.76. The van der Waals surface area contributed by atoms with Crippen molar-refractivity contribution in [2.45, 2.75) is 57.4 Å². The molecule has 5 nitrogen and oxygen atoms in total. The third-order valence-corrected chi connectivity index (χ3v) is 4.52. The van der Waals surface area contributed by atoms with Gasteiger partial charge in [-0.2, -0.15) is 0 Å². The molecule has 114 valence electrons. The van der Waals surface area contributed by atoms with Gasteiger partial charge in [-0.3, -0.25) is 14.2 Å². The number of amides is 1. The fourth-order valence-electron chi connectivity index (χ4n) is 3.07. The summed E-state index contributed by atoms with van der Waals surface area (Å²) in [5.41, 5.74) is 0.901. The molecular formula is C16H23N3O2. The lowest BCUT2D eigenvalue weighted by Gasteiger charge is -2.10. The minimum Gasteiger partial charge on any atom is -0.354 e. The lowest BCUT2D eigenvalue weighted by atomic mass is 10.0. The maximum Gasteiger partial charge on any atom is 0.253 e. The number of nitrogens with one attached hydrogen (secondary N) is 1. The first kappa shape index (κ1) is 14.3. The van der Waals surface area contributed by atoms with Crippen molar-refractivity contribution in [2.24, 2.45) is 5.92 Å². The predicted octanol–water partition coefficient (Wildman–Crippen LogP) is 1.82. The van der Waals surface area contributed by atoms with Gasteiger partial charge in [0.05, 0.1) is 12.0 Å². The quantitative estimate of drug-likeness (QED) is 0.868. The molecule has 0 atom stereocenters. The van der Waals surface area contributed by atoms with E-state index in [1.54, 1.807) is 17.0 Å². The van der Waals surface area contributed by atoms with E-state index in [2.05, 4.69) is 10.3 Å². The van der Waals surface area contributed by atoms with Crippen LogP contribution in [0.5, 0.6) is 0 Å². The summed E-state index contributed by atoms with van der Waals surface area (Å²) in [6.45, 7) is 0.989. The normalized spacial score (nSPS) is 18.9. The van der Waals surface area contributed by atoms with Crippen LogP contribution in [0.25, 0.3) is 0 Å². The fraction of sp³-hybridized carbons (Fsp3) is 0.688. The zero-order valence-electron chi connectivity index (χ0n) is 12.4. The smallest absolute Gasteiger partial charge is 0.253 e. The van der Waals surface area contributed by atoms with Crippen LogP contribution in [0, 0.1) is 5.92 Å². The minimum absolute atomic E-state index is 0.0167. The molecule has 0 unspecified atom stereocenters. The van der Waals surface area contributed by atoms with Crippen molar-refractivity contribution in [1.29, 1.82) is 0 Å². The average molecular weight is 289 g/mol. The number of hydrogen-bond donors (Lipinski definition) is 1. The van der Waals surface area contributed by atoms with Gasteiger partial charge in [-0.15, -0.1) is 0 Å². The van der Waals surface area contributed by atoms with Crippen LogP contribution in [0.2, 0.25) is 0 Å². The number of nitrogens with zero attached hydrogens (tertiary/aromatic N) is 2. The van der Waals surface area contributed by atoms with Crippen LogP contribution in [0.3, 0.4) is 0 Å². The van der Waals surface area contributed by atoms with Gasteiger partial charge in [0, 0.05) is 31.5 Å². The largest absolute Gasteiger partial charge is 0.354 e. The summed E-state index contributed by atoms with van der Waals surface area (Å²) in [4.78, 5) is 28.1. The highest BCUT2D eigenvalue weighted by Gasteiger charge is 2.25. The van der Waals surface area contributed by atoms with Crippen LogP contribution >= 0.6 is 0 Å². The molecule has 2 aliphatic carbocycles. The molecule has 1 heterocycles. The Morgan fingerprint density at radius 2 is 2.05 bits per heavy atom. The van der Waals surface area contributed by atoms with Gasteiger partial charge < -0.3 is 5.32 Å². The molecule has 2 aliphatic rings. The number of carbonyl (C=O) groups excluding carboxylic acids is 1. The van der Waals surface area contributed by atoms with Crippen LogP contribution in [0.4, 0.5) is 0 Å². The molecule has 0 aromatic carbocycles. The summed E-state index contributed by atoms with van der Waals surface area (Å²) in [7, 11) is 0. The average Bonchev–Trinajstić information content (AvgIpc) is 3.19. The van der Waals surface area contributed by atoms with E-state index in [1.807, 2.05) is 0 Å². The van der Waals surface area contributed by atoms with E-state index in [-0.39, 0.29) is 11.5 Å². The summed E-state index contributed by atoms with van der Waals surface area (Å²) >= 11 is 0. The first-order valence-electron chi connectivity index (χ1n) is 8.05. The Hall–Kier alpha value is -1.65. The predicted molar refractivity (Wildman–Crippen MR) is 80.1 cm³/mol. The molecule has 2 saturated carbocycles. The third kappa shape index (κ3) is 3.93. The second kappa shape index (κ2) is 6.41. The number of aromatic nitrogens is 2. The Kier molecular flexibility index (Phi) is 4.36. The van der Waals surface area contributed by atoms with Gasteiger partial charge in [0.2, 0.25) is 5.91 Å². The van der Waals surface area contributed by atoms with E-state index in [0.717, 1.165) is 18.5 Å². The maximum atomic E-state index is 11.9. The van der Waals surface area contributed by atoms with Crippen LogP contribution < -0.4 is 10.9 Å². The Balaban J connectivity index is 1.44. The summed E-state index contributed by atoms with van der Waals surface area (Å²) in [6.07, 6.45) is 9.41. The zero-order chi connectivity index (χ0) is 14.7. The first-order chi connectivity index (χ1) is 10.2. The number of carbonyl (C=O) groups is 1. The molecule has 1 amide bonds. The monoisotopic (exact) mass is 289 g/mol. The van der Waals surface area contributed by atoms with Crippen LogP contribution in [0.15, 0.2) is 17.2 Å². The van der Waals surface area contributed by atoms with Gasteiger partial charge in [-0.25, -0.2) is 4.98 Å². The molecule has 1 N–H and O–H groups in total. The van der Waals surface area contributed by atoms with Crippen LogP contribution in [-0.2, 0) is 11.3 Å². The molecule has 2 fully saturated rings. The molecule has 3 rings (SSSR count). The van der Waals surface area contributed by atoms with Crippen molar-refractivity contribution in [1.82, 2.24) is 14.9 Å². The summed E-state index contributed by atoms with van der Waals surface area (Å²) in [5, 5.41) is 2.91. The second-order valence-corrected chi connectivity index (χ2v) is 6.32. The number of hydrogen-bond acceptors (Lipinski definition) is 3. The van der Waals surface area contributed by atoms with Gasteiger partial charge in [0.25, 0.3) is 5.56 Å². The highest BCUT2D eigenvalue weighted by atomic mass is 16.1. The Morgan fingerprint density at radius 3 is 2.71 bits per heavy atom. The number of rotatable bonds is 6. The Labute approximate surface area is 124 Å². The summed E-state index contributed by atoms with van der Waals surface area (Å²) in [6, 6.07) is 1.64. The van der Waals surface area contributed by atoms with Gasteiger partial charge >= 0.3 is 0 Å². The van der Waals surface area contributed by atoms with Crippen LogP contribution in [0.1, 0.15) is 56.6 Å². The van der Waals surface area contributed by atoms with Crippen molar-refractivity contribution < 1.29 is 4.79 Å². The van der Waals surface area contributed by atoms with Crippen molar-refractivity contribution in [2.75, 3.05) is 6.54 Å². The molecule has 21 heavy (non-hydrogen) atoms. The van der Waals surface area contributed by atoms with E-state index >= 15 is 0 Å². The molecule has 5 heteroatoms. The maximum absolute atomic E-state index is 11.9. The zero-order valence-corrected chi connectivity index (χ0v) is 12.4. The van der Waals surface area contributed by atoms with Crippen molar-refractivity contribution in [3.63, 3.8) is 0 Å². The van der Waals surface area contributed by atoms with Gasteiger partial charge in [-0.1, -0.05) is 12.8 Å². The van der Waals surface area contributed by atoms with Crippen molar-refractivity contribution in [3.8, 4) is 0 Å². The fourth-order valence-corrected chi connectivity index (χ4v) is 3.07. The third-order valence-electron chi connectivity index (χ3n) is 4.52. The molecule has 0 bridgehead atoms. The Morgan fingerprint density at radius 1 is 1.29 bits per heavy atom. The second-order valence-electron chi connectivity index (χ2n) is 6.32. The van der Waals surface area contributed by atoms with Crippen LogP contribution in [-0.4, -0.2) is 22.0 Å². The summed E-state index contributed by atoms with van der Waals surface area (Å²) in [5.74, 6) is 1.17. The van der Waals surface area contributed by atoms with Gasteiger partial charge in [-0.05, 0) is 31.6 Å². The lowest BCUT2D eigenvalue weighted by Crippen LogP contribution is -2.31. The Bertz CT molecular complexity index is 557. The van der Waals surface area contributed by atoms with E-state index < -0.39 is 0 Å². The topological polar surface area (TPSA) is 64.0 Å². The highest BCUT2D eigenvalue weighted by Crippen LogP contribution is 2.38. The molecule has 1 aromatic heterocycles. The molecule has 0 radical (unpaired) electrons. The van der Waals surface area contributed by atoms with Gasteiger partial charge in [0.15, 0.2) is 0 Å². The van der Waals surface area contributed by atoms with E-state index in [4.69, 9.17) is 0 Å². The molecule has 0 aliphatic heterocycles.